The van der Waals surface area contributed by atoms with E-state index < -0.39 is 0 Å². The molecule has 1 saturated heterocycles. The molecular formula is C20H18FN3O2. The second-order valence-electron chi connectivity index (χ2n) is 6.31. The van der Waals surface area contributed by atoms with Gasteiger partial charge in [-0.2, -0.15) is 0 Å². The molecule has 1 amide bonds. The maximum absolute atomic E-state index is 13.9. The van der Waals surface area contributed by atoms with Crippen molar-refractivity contribution in [2.75, 3.05) is 31.1 Å². The van der Waals surface area contributed by atoms with E-state index in [1.165, 1.54) is 12.3 Å². The molecule has 1 N–H and O–H groups in total. The van der Waals surface area contributed by atoms with Crippen molar-refractivity contribution >= 4 is 22.5 Å². The summed E-state index contributed by atoms with van der Waals surface area (Å²) < 4.78 is 13.9. The number of H-pyrrole nitrogens is 1. The van der Waals surface area contributed by atoms with Gasteiger partial charge in [0, 0.05) is 43.3 Å². The zero-order valence-corrected chi connectivity index (χ0v) is 14.1. The van der Waals surface area contributed by atoms with E-state index in [1.807, 2.05) is 11.0 Å². The van der Waals surface area contributed by atoms with Gasteiger partial charge in [0.2, 0.25) is 5.43 Å². The number of amides is 1. The molecule has 6 heteroatoms. The summed E-state index contributed by atoms with van der Waals surface area (Å²) in [6.45, 7) is 1.94. The van der Waals surface area contributed by atoms with Crippen LogP contribution in [0.4, 0.5) is 10.1 Å². The second kappa shape index (κ2) is 6.63. The highest BCUT2D eigenvalue weighted by Gasteiger charge is 2.25. The monoisotopic (exact) mass is 351 g/mol. The van der Waals surface area contributed by atoms with E-state index in [-0.39, 0.29) is 22.7 Å². The standard InChI is InChI=1S/C20H18FN3O2/c21-16-6-2-4-8-18(16)23-9-11-24(12-10-23)20(26)15-13-22-17-7-3-1-5-14(17)19(15)25/h1-8,13H,9-12H2,(H,22,25). The van der Waals surface area contributed by atoms with Crippen LogP contribution in [-0.2, 0) is 0 Å². The zero-order chi connectivity index (χ0) is 18.1. The Morgan fingerprint density at radius 3 is 2.42 bits per heavy atom. The number of hydrogen-bond donors (Lipinski definition) is 1. The van der Waals surface area contributed by atoms with E-state index in [0.717, 1.165) is 0 Å². The van der Waals surface area contributed by atoms with Crippen molar-refractivity contribution in [1.82, 2.24) is 9.88 Å². The topological polar surface area (TPSA) is 56.4 Å². The molecule has 0 unspecified atom stereocenters. The number of carbonyl (C=O) groups is 1. The summed E-state index contributed by atoms with van der Waals surface area (Å²) in [5, 5.41) is 0.503. The summed E-state index contributed by atoms with van der Waals surface area (Å²) in [5.74, 6) is -0.552. The van der Waals surface area contributed by atoms with E-state index in [9.17, 15) is 14.0 Å². The number of pyridine rings is 1. The average molecular weight is 351 g/mol. The van der Waals surface area contributed by atoms with Crippen LogP contribution in [0.15, 0.2) is 59.5 Å². The highest BCUT2D eigenvalue weighted by Crippen LogP contribution is 2.20. The van der Waals surface area contributed by atoms with E-state index in [1.54, 1.807) is 41.3 Å². The minimum atomic E-state index is -0.287. The molecule has 0 bridgehead atoms. The third-order valence-electron chi connectivity index (χ3n) is 4.78. The largest absolute Gasteiger partial charge is 0.366 e. The number of halogens is 1. The Balaban J connectivity index is 1.53. The van der Waals surface area contributed by atoms with Crippen molar-refractivity contribution in [3.05, 3.63) is 76.3 Å². The molecule has 5 nitrogen and oxygen atoms in total. The molecule has 0 spiro atoms. The van der Waals surface area contributed by atoms with Crippen LogP contribution in [0.3, 0.4) is 0 Å². The lowest BCUT2D eigenvalue weighted by Gasteiger charge is -2.36. The summed E-state index contributed by atoms with van der Waals surface area (Å²) >= 11 is 0. The first-order valence-electron chi connectivity index (χ1n) is 8.54. The number of aromatic nitrogens is 1. The van der Waals surface area contributed by atoms with Gasteiger partial charge in [0.25, 0.3) is 5.91 Å². The maximum Gasteiger partial charge on any atom is 0.259 e. The van der Waals surface area contributed by atoms with Crippen LogP contribution in [0, 0.1) is 5.82 Å². The Kier molecular flexibility index (Phi) is 4.16. The van der Waals surface area contributed by atoms with Crippen LogP contribution >= 0.6 is 0 Å². The number of fused-ring (bicyclic) bond motifs is 1. The number of carbonyl (C=O) groups excluding carboxylic acids is 1. The van der Waals surface area contributed by atoms with E-state index in [0.29, 0.717) is 42.8 Å². The third-order valence-corrected chi connectivity index (χ3v) is 4.78. The SMILES string of the molecule is O=C(c1c[nH]c2ccccc2c1=O)N1CCN(c2ccccc2F)CC1. The van der Waals surface area contributed by atoms with Crippen molar-refractivity contribution < 1.29 is 9.18 Å². The van der Waals surface area contributed by atoms with Crippen LogP contribution in [-0.4, -0.2) is 42.0 Å². The number of rotatable bonds is 2. The number of piperazine rings is 1. The van der Waals surface area contributed by atoms with Gasteiger partial charge in [-0.05, 0) is 24.3 Å². The highest BCUT2D eigenvalue weighted by atomic mass is 19.1. The van der Waals surface area contributed by atoms with Crippen LogP contribution < -0.4 is 10.3 Å². The molecule has 2 aromatic carbocycles. The number of benzene rings is 2. The van der Waals surface area contributed by atoms with Gasteiger partial charge in [-0.25, -0.2) is 4.39 Å². The minimum Gasteiger partial charge on any atom is -0.366 e. The summed E-state index contributed by atoms with van der Waals surface area (Å²) in [5.41, 5.74) is 1.13. The molecule has 0 radical (unpaired) electrons. The fourth-order valence-electron chi connectivity index (χ4n) is 3.36. The summed E-state index contributed by atoms with van der Waals surface area (Å²) in [4.78, 5) is 32.0. The number of nitrogens with one attached hydrogen (secondary N) is 1. The van der Waals surface area contributed by atoms with Crippen molar-refractivity contribution in [2.45, 2.75) is 0 Å². The van der Waals surface area contributed by atoms with Crippen LogP contribution in [0.5, 0.6) is 0 Å². The first kappa shape index (κ1) is 16.3. The maximum atomic E-state index is 13.9. The number of aromatic amines is 1. The lowest BCUT2D eigenvalue weighted by Crippen LogP contribution is -2.49. The van der Waals surface area contributed by atoms with Crippen LogP contribution in [0.25, 0.3) is 10.9 Å². The molecule has 1 aliphatic heterocycles. The molecule has 0 atom stereocenters. The Morgan fingerprint density at radius 2 is 1.65 bits per heavy atom. The summed E-state index contributed by atoms with van der Waals surface area (Å²) in [6, 6.07) is 13.7. The van der Waals surface area contributed by atoms with E-state index in [4.69, 9.17) is 0 Å². The Bertz CT molecular complexity index is 1020. The van der Waals surface area contributed by atoms with Crippen molar-refractivity contribution in [3.63, 3.8) is 0 Å². The molecular weight excluding hydrogens is 333 g/mol. The minimum absolute atomic E-state index is 0.142. The predicted octanol–water partition coefficient (Wildman–Crippen LogP) is 2.63. The molecule has 26 heavy (non-hydrogen) atoms. The average Bonchev–Trinajstić information content (AvgIpc) is 2.69. The van der Waals surface area contributed by atoms with Crippen molar-refractivity contribution in [2.24, 2.45) is 0 Å². The molecule has 0 aliphatic carbocycles. The van der Waals surface area contributed by atoms with Gasteiger partial charge >= 0.3 is 0 Å². The molecule has 0 saturated carbocycles. The normalized spacial score (nSPS) is 14.7. The molecule has 4 rings (SSSR count). The van der Waals surface area contributed by atoms with Gasteiger partial charge in [-0.3, -0.25) is 9.59 Å². The third kappa shape index (κ3) is 2.83. The number of anilines is 1. The number of hydrogen-bond acceptors (Lipinski definition) is 3. The van der Waals surface area contributed by atoms with E-state index >= 15 is 0 Å². The fraction of sp³-hybridized carbons (Fsp3) is 0.200. The first-order chi connectivity index (χ1) is 12.6. The summed E-state index contributed by atoms with van der Waals surface area (Å²) in [7, 11) is 0. The van der Waals surface area contributed by atoms with Crippen LogP contribution in [0.1, 0.15) is 10.4 Å². The molecule has 1 aliphatic rings. The predicted molar refractivity (Wildman–Crippen MR) is 99.1 cm³/mol. The van der Waals surface area contributed by atoms with Crippen molar-refractivity contribution in [1.29, 1.82) is 0 Å². The number of para-hydroxylation sites is 2. The number of nitrogens with zero attached hydrogens (tertiary/aromatic N) is 2. The molecule has 1 aromatic heterocycles. The molecule has 1 fully saturated rings. The van der Waals surface area contributed by atoms with Gasteiger partial charge < -0.3 is 14.8 Å². The first-order valence-corrected chi connectivity index (χ1v) is 8.54. The molecule has 132 valence electrons. The van der Waals surface area contributed by atoms with Crippen LogP contribution in [0.2, 0.25) is 0 Å². The molecule has 2 heterocycles. The van der Waals surface area contributed by atoms with Gasteiger partial charge in [-0.1, -0.05) is 24.3 Å². The molecule has 3 aromatic rings. The Hall–Kier alpha value is -3.15. The lowest BCUT2D eigenvalue weighted by molar-refractivity contribution is 0.0745. The van der Waals surface area contributed by atoms with Gasteiger partial charge in [0.15, 0.2) is 0 Å². The summed E-state index contributed by atoms with van der Waals surface area (Å²) in [6.07, 6.45) is 1.48. The lowest BCUT2D eigenvalue weighted by atomic mass is 10.1. The second-order valence-corrected chi connectivity index (χ2v) is 6.31. The Labute approximate surface area is 149 Å². The Morgan fingerprint density at radius 1 is 0.962 bits per heavy atom. The van der Waals surface area contributed by atoms with Gasteiger partial charge in [0.1, 0.15) is 11.4 Å². The van der Waals surface area contributed by atoms with Gasteiger partial charge in [0.05, 0.1) is 5.69 Å². The van der Waals surface area contributed by atoms with Gasteiger partial charge in [-0.15, -0.1) is 0 Å². The van der Waals surface area contributed by atoms with E-state index in [2.05, 4.69) is 4.98 Å². The highest BCUT2D eigenvalue weighted by molar-refractivity contribution is 5.97. The quantitative estimate of drug-likeness (QED) is 0.772. The van der Waals surface area contributed by atoms with Crippen molar-refractivity contribution in [3.8, 4) is 0 Å². The zero-order valence-electron chi connectivity index (χ0n) is 14.1. The smallest absolute Gasteiger partial charge is 0.259 e. The fourth-order valence-corrected chi connectivity index (χ4v) is 3.36.